The van der Waals surface area contributed by atoms with E-state index < -0.39 is 6.09 Å². The number of rotatable bonds is 3. The van der Waals surface area contributed by atoms with Crippen LogP contribution in [0.2, 0.25) is 0 Å². The highest BCUT2D eigenvalue weighted by Crippen LogP contribution is 2.34. The maximum Gasteiger partial charge on any atom is 0.417 e. The number of carboxylic acid groups (broad SMARTS) is 1. The van der Waals surface area contributed by atoms with E-state index in [2.05, 4.69) is 0 Å². The predicted molar refractivity (Wildman–Crippen MR) is 84.2 cm³/mol. The molecule has 0 saturated carbocycles. The fourth-order valence-electron chi connectivity index (χ4n) is 3.08. The lowest BCUT2D eigenvalue weighted by atomic mass is 9.89. The third-order valence-corrected chi connectivity index (χ3v) is 4.18. The van der Waals surface area contributed by atoms with Gasteiger partial charge in [0.2, 0.25) is 0 Å². The molecular weight excluding hydrogens is 280 g/mol. The first kappa shape index (κ1) is 14.7. The van der Waals surface area contributed by atoms with Crippen LogP contribution in [0.3, 0.4) is 0 Å². The van der Waals surface area contributed by atoms with Crippen LogP contribution in [0.4, 0.5) is 10.5 Å². The molecule has 0 fully saturated rings. The van der Waals surface area contributed by atoms with Crippen LogP contribution in [-0.2, 0) is 4.84 Å². The van der Waals surface area contributed by atoms with E-state index in [4.69, 9.17) is 4.84 Å². The maximum atomic E-state index is 11.8. The summed E-state index contributed by atoms with van der Waals surface area (Å²) in [6.45, 7) is 0.633. The lowest BCUT2D eigenvalue weighted by molar-refractivity contribution is -0.0964. The first-order chi connectivity index (χ1) is 10.7. The van der Waals surface area contributed by atoms with Crippen molar-refractivity contribution in [3.05, 3.63) is 53.4 Å². The minimum absolute atomic E-state index is 0.557. The van der Waals surface area contributed by atoms with Gasteiger partial charge in [0.15, 0.2) is 0 Å². The molecule has 1 aliphatic heterocycles. The fourth-order valence-corrected chi connectivity index (χ4v) is 3.08. The Morgan fingerprint density at radius 3 is 2.64 bits per heavy atom. The molecule has 0 spiro atoms. The first-order valence-electron chi connectivity index (χ1n) is 7.53. The summed E-state index contributed by atoms with van der Waals surface area (Å²) in [5.74, 6) is 0.557. The van der Waals surface area contributed by atoms with Crippen LogP contribution in [0.25, 0.3) is 0 Å². The summed E-state index contributed by atoms with van der Waals surface area (Å²) in [6, 6.07) is 9.10. The standard InChI is InChI=1S/C17H20N2O3/c1-22-18-12-14-8-6-5-7-13(14)11-16(18)19(17(20)21)15-9-3-2-4-10-15/h2-4,9-11H,5-8,12H2,1H3,(H,20,21). The van der Waals surface area contributed by atoms with E-state index in [-0.39, 0.29) is 0 Å². The number of allylic oxidation sites excluding steroid dienone is 2. The van der Waals surface area contributed by atoms with E-state index in [1.165, 1.54) is 22.5 Å². The van der Waals surface area contributed by atoms with E-state index >= 15 is 0 Å². The van der Waals surface area contributed by atoms with Gasteiger partial charge in [0, 0.05) is 0 Å². The quantitative estimate of drug-likeness (QED) is 0.923. The number of hydroxylamine groups is 2. The summed E-state index contributed by atoms with van der Waals surface area (Å²) in [4.78, 5) is 18.5. The van der Waals surface area contributed by atoms with E-state index in [0.29, 0.717) is 18.1 Å². The van der Waals surface area contributed by atoms with Gasteiger partial charge < -0.3 is 5.11 Å². The smallest absolute Gasteiger partial charge is 0.417 e. The SMILES string of the molecule is CON1CC2=C(C=C1N(C(=O)O)c1ccccc1)CCCC2. The molecule has 0 saturated heterocycles. The van der Waals surface area contributed by atoms with Gasteiger partial charge in [-0.05, 0) is 55.0 Å². The Kier molecular flexibility index (Phi) is 4.15. The van der Waals surface area contributed by atoms with Crippen molar-refractivity contribution in [3.63, 3.8) is 0 Å². The lowest BCUT2D eigenvalue weighted by Gasteiger charge is -2.36. The molecule has 1 heterocycles. The molecule has 3 rings (SSSR count). The monoisotopic (exact) mass is 300 g/mol. The normalized spacial score (nSPS) is 17.9. The Morgan fingerprint density at radius 2 is 1.95 bits per heavy atom. The third kappa shape index (κ3) is 2.72. The molecule has 0 atom stereocenters. The van der Waals surface area contributed by atoms with Crippen molar-refractivity contribution < 1.29 is 14.7 Å². The van der Waals surface area contributed by atoms with Gasteiger partial charge in [-0.3, -0.25) is 4.84 Å². The van der Waals surface area contributed by atoms with Crippen LogP contribution >= 0.6 is 0 Å². The number of nitrogens with zero attached hydrogens (tertiary/aromatic N) is 2. The summed E-state index contributed by atoms with van der Waals surface area (Å²) in [7, 11) is 1.58. The second-order valence-electron chi connectivity index (χ2n) is 5.51. The van der Waals surface area contributed by atoms with Crippen LogP contribution in [0.1, 0.15) is 25.7 Å². The van der Waals surface area contributed by atoms with Crippen molar-refractivity contribution in [3.8, 4) is 0 Å². The number of anilines is 1. The molecule has 1 aliphatic carbocycles. The number of hydrogen-bond acceptors (Lipinski definition) is 3. The predicted octanol–water partition coefficient (Wildman–Crippen LogP) is 3.76. The Balaban J connectivity index is 2.03. The Bertz CT molecular complexity index is 622. The first-order valence-corrected chi connectivity index (χ1v) is 7.53. The highest BCUT2D eigenvalue weighted by atomic mass is 16.7. The molecule has 116 valence electrons. The Hall–Kier alpha value is -2.27. The minimum Gasteiger partial charge on any atom is -0.464 e. The Morgan fingerprint density at radius 1 is 1.23 bits per heavy atom. The van der Waals surface area contributed by atoms with Crippen LogP contribution in [0.15, 0.2) is 53.4 Å². The second kappa shape index (κ2) is 6.23. The molecule has 5 nitrogen and oxygen atoms in total. The third-order valence-electron chi connectivity index (χ3n) is 4.18. The zero-order valence-electron chi connectivity index (χ0n) is 12.7. The van der Waals surface area contributed by atoms with Gasteiger partial charge in [0.05, 0.1) is 19.3 Å². The van der Waals surface area contributed by atoms with Crippen LogP contribution in [-0.4, -0.2) is 29.9 Å². The molecule has 1 aromatic carbocycles. The number of carbonyl (C=O) groups is 1. The van der Waals surface area contributed by atoms with Crippen LogP contribution in [0, 0.1) is 0 Å². The van der Waals surface area contributed by atoms with Gasteiger partial charge in [-0.1, -0.05) is 18.2 Å². The van der Waals surface area contributed by atoms with E-state index in [1.807, 2.05) is 24.3 Å². The molecule has 5 heteroatoms. The molecule has 1 amide bonds. The zero-order valence-corrected chi connectivity index (χ0v) is 12.7. The van der Waals surface area contributed by atoms with Gasteiger partial charge in [0.25, 0.3) is 0 Å². The van der Waals surface area contributed by atoms with Crippen molar-refractivity contribution in [1.29, 1.82) is 0 Å². The number of hydrogen-bond donors (Lipinski definition) is 1. The van der Waals surface area contributed by atoms with Gasteiger partial charge in [-0.2, -0.15) is 0 Å². The van der Waals surface area contributed by atoms with E-state index in [9.17, 15) is 9.90 Å². The Labute approximate surface area is 130 Å². The highest BCUT2D eigenvalue weighted by Gasteiger charge is 2.29. The van der Waals surface area contributed by atoms with Gasteiger partial charge >= 0.3 is 6.09 Å². The lowest BCUT2D eigenvalue weighted by Crippen LogP contribution is -2.41. The molecule has 0 bridgehead atoms. The topological polar surface area (TPSA) is 53.0 Å². The zero-order chi connectivity index (χ0) is 15.5. The molecule has 1 aromatic rings. The fraction of sp³-hybridized carbons (Fsp3) is 0.353. The number of amides is 1. The largest absolute Gasteiger partial charge is 0.464 e. The molecule has 0 radical (unpaired) electrons. The van der Waals surface area contributed by atoms with Crippen molar-refractivity contribution >= 4 is 11.8 Å². The summed E-state index contributed by atoms with van der Waals surface area (Å²) in [5, 5.41) is 11.3. The summed E-state index contributed by atoms with van der Waals surface area (Å²) < 4.78 is 0. The number of benzene rings is 1. The molecular formula is C17H20N2O3. The molecule has 0 unspecified atom stereocenters. The van der Waals surface area contributed by atoms with Crippen molar-refractivity contribution in [1.82, 2.24) is 5.06 Å². The second-order valence-corrected chi connectivity index (χ2v) is 5.51. The van der Waals surface area contributed by atoms with Crippen LogP contribution in [0.5, 0.6) is 0 Å². The average Bonchev–Trinajstić information content (AvgIpc) is 2.55. The maximum absolute atomic E-state index is 11.8. The highest BCUT2D eigenvalue weighted by molar-refractivity contribution is 5.89. The van der Waals surface area contributed by atoms with Crippen molar-refractivity contribution in [2.75, 3.05) is 18.6 Å². The van der Waals surface area contributed by atoms with E-state index in [0.717, 1.165) is 19.3 Å². The number of para-hydroxylation sites is 1. The van der Waals surface area contributed by atoms with Gasteiger partial charge in [-0.15, -0.1) is 0 Å². The summed E-state index contributed by atoms with van der Waals surface area (Å²) >= 11 is 0. The molecule has 1 N–H and O–H groups in total. The van der Waals surface area contributed by atoms with Gasteiger partial charge in [-0.25, -0.2) is 14.8 Å². The average molecular weight is 300 g/mol. The minimum atomic E-state index is -1.01. The van der Waals surface area contributed by atoms with E-state index in [1.54, 1.807) is 24.3 Å². The molecule has 22 heavy (non-hydrogen) atoms. The summed E-state index contributed by atoms with van der Waals surface area (Å²) in [6.07, 6.45) is 5.38. The van der Waals surface area contributed by atoms with Crippen molar-refractivity contribution in [2.24, 2.45) is 0 Å². The molecule has 2 aliphatic rings. The molecule has 0 aromatic heterocycles. The van der Waals surface area contributed by atoms with Crippen molar-refractivity contribution in [2.45, 2.75) is 25.7 Å². The van der Waals surface area contributed by atoms with Gasteiger partial charge in [0.1, 0.15) is 5.82 Å². The van der Waals surface area contributed by atoms with Crippen LogP contribution < -0.4 is 4.90 Å². The summed E-state index contributed by atoms with van der Waals surface area (Å²) in [5.41, 5.74) is 3.23.